The third kappa shape index (κ3) is 4.07. The predicted molar refractivity (Wildman–Crippen MR) is 85.1 cm³/mol. The number of aliphatic hydroxyl groups is 1. The van der Waals surface area contributed by atoms with Gasteiger partial charge in [-0.25, -0.2) is 0 Å². The molecule has 0 aromatic heterocycles. The largest absolute Gasteiger partial charge is 0.390 e. The van der Waals surface area contributed by atoms with E-state index in [1.807, 2.05) is 0 Å². The molecule has 20 heavy (non-hydrogen) atoms. The van der Waals surface area contributed by atoms with E-state index in [4.69, 9.17) is 0 Å². The summed E-state index contributed by atoms with van der Waals surface area (Å²) in [6.45, 7) is 7.57. The van der Waals surface area contributed by atoms with Gasteiger partial charge in [-0.1, -0.05) is 30.7 Å². The first-order valence-corrected chi connectivity index (χ1v) is 8.04. The van der Waals surface area contributed by atoms with Gasteiger partial charge in [0.05, 0.1) is 5.60 Å². The van der Waals surface area contributed by atoms with Crippen molar-refractivity contribution >= 4 is 0 Å². The maximum Gasteiger partial charge on any atom is 0.0689 e. The summed E-state index contributed by atoms with van der Waals surface area (Å²) < 4.78 is 0. The van der Waals surface area contributed by atoms with Crippen LogP contribution >= 0.6 is 0 Å². The van der Waals surface area contributed by atoms with Crippen LogP contribution in [0.15, 0.2) is 18.2 Å². The lowest BCUT2D eigenvalue weighted by molar-refractivity contribution is -0.00319. The molecule has 112 valence electrons. The van der Waals surface area contributed by atoms with Crippen LogP contribution in [-0.4, -0.2) is 23.3 Å². The van der Waals surface area contributed by atoms with Crippen LogP contribution in [0.2, 0.25) is 0 Å². The van der Waals surface area contributed by atoms with E-state index in [9.17, 15) is 5.11 Å². The van der Waals surface area contributed by atoms with E-state index < -0.39 is 5.60 Å². The van der Waals surface area contributed by atoms with E-state index in [0.29, 0.717) is 6.04 Å². The van der Waals surface area contributed by atoms with Gasteiger partial charge in [-0.2, -0.15) is 0 Å². The van der Waals surface area contributed by atoms with Crippen molar-refractivity contribution in [1.29, 1.82) is 0 Å². The van der Waals surface area contributed by atoms with Crippen molar-refractivity contribution in [2.75, 3.05) is 6.54 Å². The average Bonchev–Trinajstić information content (AvgIpc) is 2.42. The lowest BCUT2D eigenvalue weighted by Gasteiger charge is -2.37. The molecule has 0 spiro atoms. The van der Waals surface area contributed by atoms with Gasteiger partial charge in [0.15, 0.2) is 0 Å². The summed E-state index contributed by atoms with van der Waals surface area (Å²) in [4.78, 5) is 0. The number of rotatable bonds is 5. The molecule has 0 heterocycles. The minimum Gasteiger partial charge on any atom is -0.390 e. The van der Waals surface area contributed by atoms with Crippen molar-refractivity contribution in [2.45, 2.75) is 70.9 Å². The van der Waals surface area contributed by atoms with Gasteiger partial charge < -0.3 is 10.4 Å². The lowest BCUT2D eigenvalue weighted by Crippen LogP contribution is -2.42. The van der Waals surface area contributed by atoms with Crippen LogP contribution < -0.4 is 5.32 Å². The van der Waals surface area contributed by atoms with E-state index in [1.165, 1.54) is 23.1 Å². The molecule has 0 amide bonds. The lowest BCUT2D eigenvalue weighted by atomic mass is 9.77. The third-order valence-electron chi connectivity index (χ3n) is 4.62. The Bertz CT molecular complexity index is 433. The Balaban J connectivity index is 1.94. The van der Waals surface area contributed by atoms with E-state index in [0.717, 1.165) is 38.6 Å². The molecular weight excluding hydrogens is 246 g/mol. The molecule has 1 aromatic rings. The zero-order valence-corrected chi connectivity index (χ0v) is 13.2. The fourth-order valence-electron chi connectivity index (χ4n) is 3.23. The van der Waals surface area contributed by atoms with Gasteiger partial charge in [-0.15, -0.1) is 0 Å². The molecule has 0 atom stereocenters. The monoisotopic (exact) mass is 275 g/mol. The molecule has 2 heteroatoms. The van der Waals surface area contributed by atoms with Crippen LogP contribution in [-0.2, 0) is 6.42 Å². The summed E-state index contributed by atoms with van der Waals surface area (Å²) in [5.74, 6) is 0. The van der Waals surface area contributed by atoms with Crippen LogP contribution in [0.1, 0.15) is 55.7 Å². The standard InChI is InChI=1S/C18H29NO/c1-4-11-19-17-7-9-18(20,10-8-17)13-16-12-14(2)5-6-15(16)3/h5-6,12,17,19-20H,4,7-11,13H2,1-3H3. The van der Waals surface area contributed by atoms with Crippen molar-refractivity contribution in [2.24, 2.45) is 0 Å². The van der Waals surface area contributed by atoms with Crippen molar-refractivity contribution in [1.82, 2.24) is 5.32 Å². The number of hydrogen-bond donors (Lipinski definition) is 2. The topological polar surface area (TPSA) is 32.3 Å². The minimum absolute atomic E-state index is 0.497. The van der Waals surface area contributed by atoms with E-state index >= 15 is 0 Å². The molecule has 0 radical (unpaired) electrons. The van der Waals surface area contributed by atoms with Gasteiger partial charge >= 0.3 is 0 Å². The minimum atomic E-state index is -0.497. The molecule has 1 saturated carbocycles. The van der Waals surface area contributed by atoms with E-state index in [1.54, 1.807) is 0 Å². The Hall–Kier alpha value is -0.860. The van der Waals surface area contributed by atoms with Crippen molar-refractivity contribution in [3.05, 3.63) is 34.9 Å². The van der Waals surface area contributed by atoms with Crippen LogP contribution in [0.5, 0.6) is 0 Å². The molecule has 2 nitrogen and oxygen atoms in total. The van der Waals surface area contributed by atoms with Gasteiger partial charge in [0.25, 0.3) is 0 Å². The van der Waals surface area contributed by atoms with Gasteiger partial charge in [0.2, 0.25) is 0 Å². The zero-order valence-electron chi connectivity index (χ0n) is 13.2. The molecule has 1 fully saturated rings. The summed E-state index contributed by atoms with van der Waals surface area (Å²) in [5.41, 5.74) is 3.40. The molecule has 1 aliphatic carbocycles. The first-order valence-electron chi connectivity index (χ1n) is 8.04. The van der Waals surface area contributed by atoms with Crippen LogP contribution in [0, 0.1) is 13.8 Å². The molecule has 0 bridgehead atoms. The number of aryl methyl sites for hydroxylation is 2. The Morgan fingerprint density at radius 2 is 1.95 bits per heavy atom. The highest BCUT2D eigenvalue weighted by Crippen LogP contribution is 2.32. The van der Waals surface area contributed by atoms with E-state index in [-0.39, 0.29) is 0 Å². The second kappa shape index (κ2) is 6.73. The number of nitrogens with one attached hydrogen (secondary N) is 1. The van der Waals surface area contributed by atoms with Crippen LogP contribution in [0.4, 0.5) is 0 Å². The number of benzene rings is 1. The van der Waals surface area contributed by atoms with Gasteiger partial charge in [-0.05, 0) is 63.6 Å². The van der Waals surface area contributed by atoms with Crippen LogP contribution in [0.3, 0.4) is 0 Å². The summed E-state index contributed by atoms with van der Waals surface area (Å²) >= 11 is 0. The Morgan fingerprint density at radius 1 is 1.25 bits per heavy atom. The Morgan fingerprint density at radius 3 is 2.60 bits per heavy atom. The highest BCUT2D eigenvalue weighted by Gasteiger charge is 2.33. The summed E-state index contributed by atoms with van der Waals surface area (Å²) in [7, 11) is 0. The summed E-state index contributed by atoms with van der Waals surface area (Å²) in [6.07, 6.45) is 6.02. The normalized spacial score (nSPS) is 26.7. The number of hydrogen-bond acceptors (Lipinski definition) is 2. The quantitative estimate of drug-likeness (QED) is 0.862. The SMILES string of the molecule is CCCNC1CCC(O)(Cc2cc(C)ccc2C)CC1. The molecule has 0 unspecified atom stereocenters. The van der Waals surface area contributed by atoms with Gasteiger partial charge in [0, 0.05) is 12.5 Å². The molecule has 0 saturated heterocycles. The molecule has 0 aliphatic heterocycles. The predicted octanol–water partition coefficient (Wildman–Crippen LogP) is 3.52. The smallest absolute Gasteiger partial charge is 0.0689 e. The second-order valence-corrected chi connectivity index (χ2v) is 6.56. The van der Waals surface area contributed by atoms with E-state index in [2.05, 4.69) is 44.3 Å². The summed E-state index contributed by atoms with van der Waals surface area (Å²) in [5, 5.41) is 14.4. The highest BCUT2D eigenvalue weighted by atomic mass is 16.3. The molecule has 1 aliphatic rings. The van der Waals surface area contributed by atoms with Gasteiger partial charge in [0.1, 0.15) is 0 Å². The maximum absolute atomic E-state index is 10.9. The first kappa shape index (κ1) is 15.5. The fourth-order valence-corrected chi connectivity index (χ4v) is 3.23. The first-order chi connectivity index (χ1) is 9.52. The Labute approximate surface area is 123 Å². The summed E-state index contributed by atoms with van der Waals surface area (Å²) in [6, 6.07) is 7.15. The molecule has 2 N–H and O–H groups in total. The van der Waals surface area contributed by atoms with Crippen molar-refractivity contribution in [3.8, 4) is 0 Å². The van der Waals surface area contributed by atoms with Crippen LogP contribution in [0.25, 0.3) is 0 Å². The third-order valence-corrected chi connectivity index (χ3v) is 4.62. The van der Waals surface area contributed by atoms with Crippen molar-refractivity contribution < 1.29 is 5.11 Å². The zero-order chi connectivity index (χ0) is 14.6. The van der Waals surface area contributed by atoms with Gasteiger partial charge in [-0.3, -0.25) is 0 Å². The second-order valence-electron chi connectivity index (χ2n) is 6.56. The van der Waals surface area contributed by atoms with Crippen molar-refractivity contribution in [3.63, 3.8) is 0 Å². The molecular formula is C18H29NO. The molecule has 2 rings (SSSR count). The molecule has 1 aromatic carbocycles. The maximum atomic E-state index is 10.9. The highest BCUT2D eigenvalue weighted by molar-refractivity contribution is 5.31. The average molecular weight is 275 g/mol. The fraction of sp³-hybridized carbons (Fsp3) is 0.667. The Kier molecular flexibility index (Phi) is 5.22.